The molecule has 8 heteroatoms. The number of sulfonamides is 1. The molecule has 1 aromatic carbocycles. The van der Waals surface area contributed by atoms with Gasteiger partial charge in [0.15, 0.2) is 0 Å². The summed E-state index contributed by atoms with van der Waals surface area (Å²) in [6, 6.07) is 10.0. The third kappa shape index (κ3) is 3.31. The molecule has 1 fully saturated rings. The Hall–Kier alpha value is -1.48. The van der Waals surface area contributed by atoms with Gasteiger partial charge in [-0.05, 0) is 25.0 Å². The van der Waals surface area contributed by atoms with Gasteiger partial charge in [0.2, 0.25) is 10.0 Å². The maximum absolute atomic E-state index is 12.6. The van der Waals surface area contributed by atoms with Crippen LogP contribution in [0.2, 0.25) is 0 Å². The predicted molar refractivity (Wildman–Crippen MR) is 104 cm³/mol. The Kier molecular flexibility index (Phi) is 4.31. The van der Waals surface area contributed by atoms with Crippen LogP contribution in [-0.4, -0.2) is 44.0 Å². The van der Waals surface area contributed by atoms with Gasteiger partial charge in [-0.1, -0.05) is 18.2 Å². The molecule has 1 atom stereocenters. The zero-order valence-electron chi connectivity index (χ0n) is 13.7. The number of nitrogens with one attached hydrogen (secondary N) is 1. The minimum atomic E-state index is -3.21. The lowest BCUT2D eigenvalue weighted by atomic mass is 10.1. The van der Waals surface area contributed by atoms with Crippen molar-refractivity contribution in [2.45, 2.75) is 18.9 Å². The highest BCUT2D eigenvalue weighted by Crippen LogP contribution is 2.39. The number of benzene rings is 1. The van der Waals surface area contributed by atoms with Crippen molar-refractivity contribution >= 4 is 58.1 Å². The topological polar surface area (TPSA) is 66.5 Å². The van der Waals surface area contributed by atoms with Crippen molar-refractivity contribution in [3.63, 3.8) is 0 Å². The molecule has 0 aliphatic carbocycles. The number of nitrogens with zero attached hydrogens (tertiary/aromatic N) is 1. The molecule has 0 saturated carbocycles. The minimum Gasteiger partial charge on any atom is -0.347 e. The second-order valence-corrected chi connectivity index (χ2v) is 10.5. The van der Waals surface area contributed by atoms with Crippen LogP contribution in [0.4, 0.5) is 0 Å². The monoisotopic (exact) mass is 394 g/mol. The summed E-state index contributed by atoms with van der Waals surface area (Å²) in [5.41, 5.74) is 0. The summed E-state index contributed by atoms with van der Waals surface area (Å²) >= 11 is 3.20. The fraction of sp³-hybridized carbons (Fsp3) is 0.353. The Morgan fingerprint density at radius 2 is 2.04 bits per heavy atom. The lowest BCUT2D eigenvalue weighted by Crippen LogP contribution is -2.49. The van der Waals surface area contributed by atoms with E-state index < -0.39 is 10.0 Å². The molecule has 3 aromatic rings. The molecule has 1 N–H and O–H groups in total. The normalized spacial score (nSPS) is 19.5. The van der Waals surface area contributed by atoms with Crippen LogP contribution in [0.1, 0.15) is 22.5 Å². The number of carbonyl (C=O) groups excluding carboxylic acids is 1. The Morgan fingerprint density at radius 3 is 2.84 bits per heavy atom. The predicted octanol–water partition coefficient (Wildman–Crippen LogP) is 3.27. The molecule has 5 nitrogen and oxygen atoms in total. The second kappa shape index (κ2) is 6.35. The van der Waals surface area contributed by atoms with E-state index in [0.29, 0.717) is 18.0 Å². The van der Waals surface area contributed by atoms with Crippen molar-refractivity contribution in [1.82, 2.24) is 9.62 Å². The van der Waals surface area contributed by atoms with Crippen molar-refractivity contribution in [2.75, 3.05) is 19.3 Å². The number of piperidine rings is 1. The van der Waals surface area contributed by atoms with Gasteiger partial charge < -0.3 is 5.32 Å². The quantitative estimate of drug-likeness (QED) is 0.741. The molecule has 132 valence electrons. The molecule has 3 heterocycles. The van der Waals surface area contributed by atoms with Crippen molar-refractivity contribution in [1.29, 1.82) is 0 Å². The van der Waals surface area contributed by atoms with Gasteiger partial charge in [-0.3, -0.25) is 4.79 Å². The summed E-state index contributed by atoms with van der Waals surface area (Å²) in [6.07, 6.45) is 2.79. The lowest BCUT2D eigenvalue weighted by Gasteiger charge is -2.31. The summed E-state index contributed by atoms with van der Waals surface area (Å²) in [6.45, 7) is 0.888. The van der Waals surface area contributed by atoms with Crippen molar-refractivity contribution < 1.29 is 13.2 Å². The number of thiophene rings is 2. The third-order valence-corrected chi connectivity index (χ3v) is 8.15. The second-order valence-electron chi connectivity index (χ2n) is 6.34. The Bertz CT molecular complexity index is 1050. The van der Waals surface area contributed by atoms with E-state index in [0.717, 1.165) is 22.2 Å². The van der Waals surface area contributed by atoms with Crippen LogP contribution >= 0.6 is 22.7 Å². The van der Waals surface area contributed by atoms with Gasteiger partial charge >= 0.3 is 0 Å². The van der Waals surface area contributed by atoms with E-state index in [1.54, 1.807) is 11.3 Å². The van der Waals surface area contributed by atoms with E-state index in [1.807, 2.05) is 18.2 Å². The molecule has 1 amide bonds. The number of hydrogen-bond acceptors (Lipinski definition) is 5. The van der Waals surface area contributed by atoms with E-state index in [9.17, 15) is 13.2 Å². The number of carbonyl (C=O) groups is 1. The minimum absolute atomic E-state index is 0.113. The first kappa shape index (κ1) is 17.0. The van der Waals surface area contributed by atoms with Crippen LogP contribution in [0.5, 0.6) is 0 Å². The SMILES string of the molecule is CS(=O)(=O)N1CCCC(NC(=O)c2cc3sc4ccccc4c3s2)C1. The van der Waals surface area contributed by atoms with Crippen LogP contribution in [0, 0.1) is 0 Å². The van der Waals surface area contributed by atoms with Gasteiger partial charge in [0.25, 0.3) is 5.91 Å². The van der Waals surface area contributed by atoms with Crippen LogP contribution in [0.3, 0.4) is 0 Å². The van der Waals surface area contributed by atoms with Gasteiger partial charge in [0.05, 0.1) is 15.8 Å². The molecule has 2 aromatic heterocycles. The van der Waals surface area contributed by atoms with E-state index >= 15 is 0 Å². The molecule has 0 bridgehead atoms. The number of amides is 1. The molecular formula is C17H18N2O3S3. The largest absolute Gasteiger partial charge is 0.347 e. The van der Waals surface area contributed by atoms with Crippen molar-refractivity contribution in [3.8, 4) is 0 Å². The first-order chi connectivity index (χ1) is 11.9. The Balaban J connectivity index is 1.54. The van der Waals surface area contributed by atoms with Gasteiger partial charge in [0.1, 0.15) is 0 Å². The van der Waals surface area contributed by atoms with E-state index in [2.05, 4.69) is 17.4 Å². The molecule has 0 radical (unpaired) electrons. The average molecular weight is 395 g/mol. The first-order valence-corrected chi connectivity index (χ1v) is 11.6. The molecule has 25 heavy (non-hydrogen) atoms. The number of rotatable bonds is 3. The molecule has 1 aliphatic rings. The molecule has 1 aliphatic heterocycles. The van der Waals surface area contributed by atoms with Gasteiger partial charge in [-0.25, -0.2) is 12.7 Å². The van der Waals surface area contributed by atoms with E-state index in [-0.39, 0.29) is 11.9 Å². The maximum Gasteiger partial charge on any atom is 0.261 e. The van der Waals surface area contributed by atoms with Crippen molar-refractivity contribution in [3.05, 3.63) is 35.2 Å². The molecule has 0 spiro atoms. The summed E-state index contributed by atoms with van der Waals surface area (Å²) in [4.78, 5) is 13.3. The fourth-order valence-corrected chi connectivity index (χ4v) is 6.57. The summed E-state index contributed by atoms with van der Waals surface area (Å²) < 4.78 is 28.4. The summed E-state index contributed by atoms with van der Waals surface area (Å²) in [5.74, 6) is -0.113. The maximum atomic E-state index is 12.6. The van der Waals surface area contributed by atoms with E-state index in [4.69, 9.17) is 0 Å². The third-order valence-electron chi connectivity index (χ3n) is 4.46. The van der Waals surface area contributed by atoms with Gasteiger partial charge in [-0.15, -0.1) is 22.7 Å². The molecule has 4 rings (SSSR count). The molecular weight excluding hydrogens is 376 g/mol. The van der Waals surface area contributed by atoms with Crippen LogP contribution < -0.4 is 5.32 Å². The van der Waals surface area contributed by atoms with Crippen molar-refractivity contribution in [2.24, 2.45) is 0 Å². The highest BCUT2D eigenvalue weighted by atomic mass is 32.2. The molecule has 1 unspecified atom stereocenters. The molecule has 1 saturated heterocycles. The fourth-order valence-electron chi connectivity index (χ4n) is 3.23. The number of hydrogen-bond donors (Lipinski definition) is 1. The zero-order chi connectivity index (χ0) is 17.6. The standard InChI is InChI=1S/C17H18N2O3S3/c1-25(21,22)19-8-4-5-11(10-19)18-17(20)15-9-14-16(24-15)12-6-2-3-7-13(12)23-14/h2-3,6-7,9,11H,4-5,8,10H2,1H3,(H,18,20). The van der Waals surface area contributed by atoms with Gasteiger partial charge in [0, 0.05) is 33.9 Å². The average Bonchev–Trinajstić information content (AvgIpc) is 3.12. The zero-order valence-corrected chi connectivity index (χ0v) is 16.1. The van der Waals surface area contributed by atoms with Crippen LogP contribution in [0.15, 0.2) is 30.3 Å². The summed E-state index contributed by atoms with van der Waals surface area (Å²) in [5, 5.41) is 4.19. The van der Waals surface area contributed by atoms with E-state index in [1.165, 1.54) is 32.0 Å². The summed E-state index contributed by atoms with van der Waals surface area (Å²) in [7, 11) is -3.21. The van der Waals surface area contributed by atoms with Crippen LogP contribution in [-0.2, 0) is 10.0 Å². The smallest absolute Gasteiger partial charge is 0.261 e. The Labute approximate surface area is 154 Å². The number of fused-ring (bicyclic) bond motifs is 3. The Morgan fingerprint density at radius 1 is 1.24 bits per heavy atom. The first-order valence-electron chi connectivity index (χ1n) is 8.09. The highest BCUT2D eigenvalue weighted by molar-refractivity contribution is 7.88. The lowest BCUT2D eigenvalue weighted by molar-refractivity contribution is 0.0925. The highest BCUT2D eigenvalue weighted by Gasteiger charge is 2.27. The van der Waals surface area contributed by atoms with Gasteiger partial charge in [-0.2, -0.15) is 0 Å². The van der Waals surface area contributed by atoms with Crippen LogP contribution in [0.25, 0.3) is 19.5 Å².